The molecular weight excluding hydrogens is 292 g/mol. The first-order valence-electron chi connectivity index (χ1n) is 9.34. The van der Waals surface area contributed by atoms with Crippen molar-refractivity contribution in [2.24, 2.45) is 11.8 Å². The maximum atomic E-state index is 11.7. The van der Waals surface area contributed by atoms with Gasteiger partial charge in [0.05, 0.1) is 13.2 Å². The highest BCUT2D eigenvalue weighted by molar-refractivity contribution is 5.72. The monoisotopic (exact) mass is 328 g/mol. The molecule has 0 saturated carbocycles. The molecule has 2 unspecified atom stereocenters. The van der Waals surface area contributed by atoms with Crippen LogP contribution in [0.25, 0.3) is 0 Å². The van der Waals surface area contributed by atoms with Crippen molar-refractivity contribution in [3.05, 3.63) is 0 Å². The van der Waals surface area contributed by atoms with Gasteiger partial charge in [-0.3, -0.25) is 9.59 Å². The van der Waals surface area contributed by atoms with Gasteiger partial charge in [0.1, 0.15) is 0 Å². The Morgan fingerprint density at radius 2 is 1.43 bits per heavy atom. The molecule has 0 saturated heterocycles. The molecule has 23 heavy (non-hydrogen) atoms. The topological polar surface area (TPSA) is 52.6 Å². The Kier molecular flexibility index (Phi) is 13.9. The molecule has 0 aliphatic rings. The fourth-order valence-electron chi connectivity index (χ4n) is 2.44. The SMILES string of the molecule is CCCCC(CC)COC(=O)CCCC(=O)OCC(C)CCC. The normalized spacial score (nSPS) is 13.4. The number of carbonyl (C=O) groups excluding carboxylic acids is 2. The molecule has 0 heterocycles. The summed E-state index contributed by atoms with van der Waals surface area (Å²) in [6, 6.07) is 0. The number of hydrogen-bond donors (Lipinski definition) is 0. The standard InChI is InChI=1S/C19H36O4/c1-5-8-11-17(7-3)15-23-19(21)13-9-12-18(20)22-14-16(4)10-6-2/h16-17H,5-15H2,1-4H3. The molecular formula is C19H36O4. The molecule has 0 spiro atoms. The van der Waals surface area contributed by atoms with Crippen molar-refractivity contribution >= 4 is 11.9 Å². The molecule has 0 rings (SSSR count). The van der Waals surface area contributed by atoms with E-state index in [1.165, 1.54) is 12.8 Å². The van der Waals surface area contributed by atoms with E-state index in [1.54, 1.807) is 0 Å². The first kappa shape index (κ1) is 21.9. The van der Waals surface area contributed by atoms with Crippen LogP contribution in [-0.2, 0) is 19.1 Å². The van der Waals surface area contributed by atoms with Crippen LogP contribution in [-0.4, -0.2) is 25.2 Å². The fraction of sp³-hybridized carbons (Fsp3) is 0.895. The number of hydrogen-bond acceptors (Lipinski definition) is 4. The summed E-state index contributed by atoms with van der Waals surface area (Å²) in [6.07, 6.45) is 7.76. The van der Waals surface area contributed by atoms with Gasteiger partial charge in [0, 0.05) is 12.8 Å². The van der Waals surface area contributed by atoms with Crippen LogP contribution in [0.4, 0.5) is 0 Å². The molecule has 0 aromatic rings. The molecule has 4 nitrogen and oxygen atoms in total. The predicted molar refractivity (Wildman–Crippen MR) is 93.1 cm³/mol. The van der Waals surface area contributed by atoms with Crippen LogP contribution in [0, 0.1) is 11.8 Å². The number of carbonyl (C=O) groups is 2. The van der Waals surface area contributed by atoms with Gasteiger partial charge in [0.2, 0.25) is 0 Å². The predicted octanol–water partition coefficient (Wildman–Crippen LogP) is 4.90. The maximum absolute atomic E-state index is 11.7. The fourth-order valence-corrected chi connectivity index (χ4v) is 2.44. The second-order valence-electron chi connectivity index (χ2n) is 6.53. The maximum Gasteiger partial charge on any atom is 0.305 e. The first-order valence-corrected chi connectivity index (χ1v) is 9.34. The molecule has 0 aliphatic carbocycles. The van der Waals surface area contributed by atoms with Gasteiger partial charge in [-0.2, -0.15) is 0 Å². The van der Waals surface area contributed by atoms with Crippen LogP contribution >= 0.6 is 0 Å². The summed E-state index contributed by atoms with van der Waals surface area (Å²) in [5.41, 5.74) is 0. The van der Waals surface area contributed by atoms with Crippen molar-refractivity contribution in [2.45, 2.75) is 85.5 Å². The third-order valence-electron chi connectivity index (χ3n) is 4.10. The molecule has 2 atom stereocenters. The van der Waals surface area contributed by atoms with Crippen LogP contribution in [0.3, 0.4) is 0 Å². The van der Waals surface area contributed by atoms with E-state index in [2.05, 4.69) is 27.7 Å². The number of rotatable bonds is 14. The third kappa shape index (κ3) is 13.1. The van der Waals surface area contributed by atoms with Crippen molar-refractivity contribution in [3.8, 4) is 0 Å². The molecule has 0 aliphatic heterocycles. The van der Waals surface area contributed by atoms with Gasteiger partial charge >= 0.3 is 11.9 Å². The number of ether oxygens (including phenoxy) is 2. The summed E-state index contributed by atoms with van der Waals surface area (Å²) in [5, 5.41) is 0. The van der Waals surface area contributed by atoms with Crippen LogP contribution in [0.5, 0.6) is 0 Å². The molecule has 0 aromatic heterocycles. The van der Waals surface area contributed by atoms with E-state index in [1.807, 2.05) is 0 Å². The zero-order valence-electron chi connectivity index (χ0n) is 15.6. The Morgan fingerprint density at radius 3 is 1.96 bits per heavy atom. The summed E-state index contributed by atoms with van der Waals surface area (Å²) >= 11 is 0. The van der Waals surface area contributed by atoms with Gasteiger partial charge in [0.25, 0.3) is 0 Å². The van der Waals surface area contributed by atoms with E-state index in [0.717, 1.165) is 25.7 Å². The van der Waals surface area contributed by atoms with Gasteiger partial charge in [0.15, 0.2) is 0 Å². The minimum Gasteiger partial charge on any atom is -0.465 e. The highest BCUT2D eigenvalue weighted by Gasteiger charge is 2.12. The molecule has 0 radical (unpaired) electrons. The first-order chi connectivity index (χ1) is 11.0. The highest BCUT2D eigenvalue weighted by Crippen LogP contribution is 2.13. The van der Waals surface area contributed by atoms with Gasteiger partial charge in [-0.05, 0) is 31.1 Å². The Balaban J connectivity index is 3.70. The van der Waals surface area contributed by atoms with Crippen LogP contribution < -0.4 is 0 Å². The van der Waals surface area contributed by atoms with E-state index in [-0.39, 0.29) is 11.9 Å². The van der Waals surface area contributed by atoms with Crippen molar-refractivity contribution in [1.82, 2.24) is 0 Å². The lowest BCUT2D eigenvalue weighted by Gasteiger charge is -2.14. The van der Waals surface area contributed by atoms with Crippen molar-refractivity contribution in [1.29, 1.82) is 0 Å². The zero-order valence-corrected chi connectivity index (χ0v) is 15.6. The highest BCUT2D eigenvalue weighted by atomic mass is 16.5. The lowest BCUT2D eigenvalue weighted by molar-refractivity contribution is -0.146. The van der Waals surface area contributed by atoms with E-state index < -0.39 is 0 Å². The molecule has 0 fully saturated rings. The van der Waals surface area contributed by atoms with E-state index in [9.17, 15) is 9.59 Å². The minimum absolute atomic E-state index is 0.202. The van der Waals surface area contributed by atoms with Crippen molar-refractivity contribution < 1.29 is 19.1 Å². The quantitative estimate of drug-likeness (QED) is 0.426. The molecule has 0 N–H and O–H groups in total. The van der Waals surface area contributed by atoms with E-state index in [0.29, 0.717) is 44.3 Å². The summed E-state index contributed by atoms with van der Waals surface area (Å²) < 4.78 is 10.5. The number of unbranched alkanes of at least 4 members (excludes halogenated alkanes) is 1. The average Bonchev–Trinajstić information content (AvgIpc) is 2.53. The van der Waals surface area contributed by atoms with E-state index in [4.69, 9.17) is 9.47 Å². The summed E-state index contributed by atoms with van der Waals surface area (Å²) in [6.45, 7) is 9.48. The Morgan fingerprint density at radius 1 is 0.826 bits per heavy atom. The summed E-state index contributed by atoms with van der Waals surface area (Å²) in [4.78, 5) is 23.3. The smallest absolute Gasteiger partial charge is 0.305 e. The zero-order chi connectivity index (χ0) is 17.5. The molecule has 0 amide bonds. The summed E-state index contributed by atoms with van der Waals surface area (Å²) in [5.74, 6) is 0.453. The van der Waals surface area contributed by atoms with Crippen LogP contribution in [0.1, 0.15) is 85.5 Å². The molecule has 0 bridgehead atoms. The molecule has 136 valence electrons. The Hall–Kier alpha value is -1.06. The lowest BCUT2D eigenvalue weighted by atomic mass is 10.0. The second-order valence-corrected chi connectivity index (χ2v) is 6.53. The summed E-state index contributed by atoms with van der Waals surface area (Å²) in [7, 11) is 0. The van der Waals surface area contributed by atoms with Gasteiger partial charge in [-0.15, -0.1) is 0 Å². The largest absolute Gasteiger partial charge is 0.465 e. The van der Waals surface area contributed by atoms with Crippen molar-refractivity contribution in [2.75, 3.05) is 13.2 Å². The van der Waals surface area contributed by atoms with Gasteiger partial charge in [-0.25, -0.2) is 0 Å². The van der Waals surface area contributed by atoms with E-state index >= 15 is 0 Å². The number of esters is 2. The van der Waals surface area contributed by atoms with Gasteiger partial charge < -0.3 is 9.47 Å². The third-order valence-corrected chi connectivity index (χ3v) is 4.10. The Labute approximate surface area is 142 Å². The van der Waals surface area contributed by atoms with Crippen molar-refractivity contribution in [3.63, 3.8) is 0 Å². The van der Waals surface area contributed by atoms with Crippen LogP contribution in [0.15, 0.2) is 0 Å². The van der Waals surface area contributed by atoms with Crippen LogP contribution in [0.2, 0.25) is 0 Å². The Bertz CT molecular complexity index is 314. The minimum atomic E-state index is -0.213. The molecule has 0 aromatic carbocycles. The molecule has 4 heteroatoms. The van der Waals surface area contributed by atoms with Gasteiger partial charge in [-0.1, -0.05) is 53.4 Å². The second kappa shape index (κ2) is 14.5. The average molecular weight is 328 g/mol. The lowest BCUT2D eigenvalue weighted by Crippen LogP contribution is -2.15.